The minimum atomic E-state index is -2.44. The molecular weight excluding hydrogens is 498 g/mol. The quantitative estimate of drug-likeness (QED) is 0.104. The van der Waals surface area contributed by atoms with E-state index in [4.69, 9.17) is 29.3 Å². The van der Waals surface area contributed by atoms with Crippen LogP contribution in [0.3, 0.4) is 0 Å². The molecular formula is C26H43N3O9. The summed E-state index contributed by atoms with van der Waals surface area (Å²) in [5.74, 6) is -5.03. The number of carbonyl (C=O) groups is 4. The first-order valence-electron chi connectivity index (χ1n) is 12.5. The van der Waals surface area contributed by atoms with Gasteiger partial charge in [-0.2, -0.15) is 0 Å². The first kappa shape index (κ1) is 33.2. The van der Waals surface area contributed by atoms with Crippen molar-refractivity contribution in [2.75, 3.05) is 6.61 Å². The van der Waals surface area contributed by atoms with Crippen LogP contribution in [0.15, 0.2) is 5.28 Å². The molecule has 0 aromatic rings. The Morgan fingerprint density at radius 3 is 1.68 bits per heavy atom. The molecule has 1 aliphatic heterocycles. The second-order valence-corrected chi connectivity index (χ2v) is 13.5. The molecule has 0 aromatic heterocycles. The Morgan fingerprint density at radius 1 is 0.789 bits per heavy atom. The van der Waals surface area contributed by atoms with Gasteiger partial charge in [-0.15, -0.1) is 0 Å². The second kappa shape index (κ2) is 11.5. The van der Waals surface area contributed by atoms with Crippen molar-refractivity contribution in [1.29, 1.82) is 0 Å². The molecule has 1 saturated heterocycles. The first-order valence-corrected chi connectivity index (χ1v) is 12.5. The van der Waals surface area contributed by atoms with Crippen LogP contribution in [-0.2, 0) is 43.0 Å². The van der Waals surface area contributed by atoms with Gasteiger partial charge < -0.3 is 23.8 Å². The molecule has 1 aliphatic rings. The van der Waals surface area contributed by atoms with Gasteiger partial charge in [0.05, 0.1) is 22.9 Å². The van der Waals surface area contributed by atoms with Crippen molar-refractivity contribution < 1.29 is 43.0 Å². The summed E-state index contributed by atoms with van der Waals surface area (Å²) in [5, 5.41) is 3.14. The standard InChI is InChI=1S/C26H43N3O9/c1-22(2,3)18(30)26(38-29-28-27)17(36-21(33)25(10,11)12)16(35-20(32)24(7,8)9)15(37-26)13-14-34-19(31)23(4,5)6/h15-17H,13-14H2,1-12H3/t15-,16-,17+,26+/m0/s1. The molecule has 12 nitrogen and oxygen atoms in total. The number of carbonyl (C=O) groups excluding carboxylic acids is 4. The van der Waals surface area contributed by atoms with Crippen molar-refractivity contribution in [3.63, 3.8) is 0 Å². The molecule has 1 fully saturated rings. The molecule has 0 bridgehead atoms. The van der Waals surface area contributed by atoms with Crippen molar-refractivity contribution in [2.45, 2.75) is 114 Å². The van der Waals surface area contributed by atoms with E-state index in [1.165, 1.54) is 0 Å². The SMILES string of the molecule is CC(C)(C)C(=O)OCC[C@@H]1O[C@](ON=[N+]=[N-])(C(=O)C(C)(C)C)[C@H](OC(=O)C(C)(C)C)[C@H]1OC(=O)C(C)(C)C. The van der Waals surface area contributed by atoms with Crippen LogP contribution >= 0.6 is 0 Å². The van der Waals surface area contributed by atoms with E-state index in [1.54, 1.807) is 83.1 Å². The molecule has 0 N–H and O–H groups in total. The smallest absolute Gasteiger partial charge is 0.320 e. The van der Waals surface area contributed by atoms with E-state index in [2.05, 4.69) is 10.2 Å². The number of rotatable bonds is 8. The lowest BCUT2D eigenvalue weighted by Crippen LogP contribution is -2.57. The Labute approximate surface area is 224 Å². The van der Waals surface area contributed by atoms with E-state index in [-0.39, 0.29) is 13.0 Å². The zero-order chi connectivity index (χ0) is 29.9. The molecule has 1 heterocycles. The van der Waals surface area contributed by atoms with Crippen LogP contribution in [0.5, 0.6) is 0 Å². The highest BCUT2D eigenvalue weighted by Gasteiger charge is 2.67. The van der Waals surface area contributed by atoms with Gasteiger partial charge >= 0.3 is 23.7 Å². The molecule has 216 valence electrons. The summed E-state index contributed by atoms with van der Waals surface area (Å²) in [6.45, 7) is 19.4. The predicted molar refractivity (Wildman–Crippen MR) is 136 cm³/mol. The third kappa shape index (κ3) is 8.07. The van der Waals surface area contributed by atoms with Crippen molar-refractivity contribution >= 4 is 23.7 Å². The Morgan fingerprint density at radius 2 is 1.26 bits per heavy atom. The highest BCUT2D eigenvalue weighted by atomic mass is 16.8. The molecule has 4 atom stereocenters. The molecule has 0 amide bonds. The van der Waals surface area contributed by atoms with E-state index < -0.39 is 69.5 Å². The zero-order valence-electron chi connectivity index (χ0n) is 24.7. The highest BCUT2D eigenvalue weighted by molar-refractivity contribution is 5.92. The molecule has 0 aromatic carbocycles. The number of hydrogen-bond acceptors (Lipinski definition) is 10. The fraction of sp³-hybridized carbons (Fsp3) is 0.846. The van der Waals surface area contributed by atoms with Gasteiger partial charge in [-0.25, -0.2) is 0 Å². The van der Waals surface area contributed by atoms with Gasteiger partial charge in [0.25, 0.3) is 0 Å². The molecule has 12 heteroatoms. The molecule has 0 radical (unpaired) electrons. The molecule has 38 heavy (non-hydrogen) atoms. The topological polar surface area (TPSA) is 163 Å². The van der Waals surface area contributed by atoms with Crippen LogP contribution in [0, 0.1) is 21.7 Å². The molecule has 0 spiro atoms. The predicted octanol–water partition coefficient (Wildman–Crippen LogP) is 4.83. The summed E-state index contributed by atoms with van der Waals surface area (Å²) in [6.07, 6.45) is -4.18. The third-order valence-corrected chi connectivity index (χ3v) is 5.53. The normalized spacial score (nSPS) is 24.2. The summed E-state index contributed by atoms with van der Waals surface area (Å²) < 4.78 is 23.0. The van der Waals surface area contributed by atoms with Gasteiger partial charge in [0.15, 0.2) is 6.10 Å². The lowest BCUT2D eigenvalue weighted by atomic mass is 9.83. The molecule has 0 saturated carbocycles. The number of nitrogens with zero attached hydrogens (tertiary/aromatic N) is 3. The van der Waals surface area contributed by atoms with E-state index in [9.17, 15) is 19.2 Å². The van der Waals surface area contributed by atoms with Gasteiger partial charge in [0, 0.05) is 16.7 Å². The van der Waals surface area contributed by atoms with Crippen molar-refractivity contribution in [1.82, 2.24) is 0 Å². The van der Waals surface area contributed by atoms with E-state index in [1.807, 2.05) is 0 Å². The van der Waals surface area contributed by atoms with Gasteiger partial charge in [0.1, 0.15) is 11.4 Å². The van der Waals surface area contributed by atoms with Gasteiger partial charge in [0.2, 0.25) is 11.9 Å². The zero-order valence-corrected chi connectivity index (χ0v) is 24.7. The van der Waals surface area contributed by atoms with Gasteiger partial charge in [-0.1, -0.05) is 20.8 Å². The summed E-state index contributed by atoms with van der Waals surface area (Å²) in [7, 11) is 0. The first-order chi connectivity index (χ1) is 17.0. The summed E-state index contributed by atoms with van der Waals surface area (Å²) in [4.78, 5) is 60.0. The Balaban J connectivity index is 3.69. The fourth-order valence-electron chi connectivity index (χ4n) is 3.25. The largest absolute Gasteiger partial charge is 0.465 e. The minimum Gasteiger partial charge on any atom is -0.465 e. The van der Waals surface area contributed by atoms with Crippen LogP contribution < -0.4 is 0 Å². The second-order valence-electron chi connectivity index (χ2n) is 13.5. The maximum absolute atomic E-state index is 13.8. The molecule has 0 unspecified atom stereocenters. The van der Waals surface area contributed by atoms with Crippen LogP contribution in [0.2, 0.25) is 0 Å². The summed E-state index contributed by atoms with van der Waals surface area (Å²) >= 11 is 0. The fourth-order valence-corrected chi connectivity index (χ4v) is 3.25. The lowest BCUT2D eigenvalue weighted by Gasteiger charge is -2.36. The van der Waals surface area contributed by atoms with Crippen LogP contribution in [-0.4, -0.2) is 54.4 Å². The van der Waals surface area contributed by atoms with Gasteiger partial charge in [-0.3, -0.25) is 19.2 Å². The third-order valence-electron chi connectivity index (χ3n) is 5.53. The lowest BCUT2D eigenvalue weighted by molar-refractivity contribution is -0.258. The summed E-state index contributed by atoms with van der Waals surface area (Å²) in [5.41, 5.74) is 5.11. The molecule has 0 aliphatic carbocycles. The average Bonchev–Trinajstić information content (AvgIpc) is 3.02. The maximum Gasteiger partial charge on any atom is 0.320 e. The Kier molecular flexibility index (Phi) is 10.0. The van der Waals surface area contributed by atoms with Gasteiger partial charge in [-0.05, 0) is 67.8 Å². The van der Waals surface area contributed by atoms with Crippen molar-refractivity contribution in [2.24, 2.45) is 26.9 Å². The van der Waals surface area contributed by atoms with Crippen LogP contribution in [0.1, 0.15) is 89.5 Å². The average molecular weight is 542 g/mol. The van der Waals surface area contributed by atoms with Crippen molar-refractivity contribution in [3.8, 4) is 0 Å². The maximum atomic E-state index is 13.8. The minimum absolute atomic E-state index is 0.0493. The van der Waals surface area contributed by atoms with E-state index in [0.29, 0.717) is 0 Å². The number of ketones is 1. The Hall–Kier alpha value is -2.85. The molecule has 1 rings (SSSR count). The number of hydrogen-bond donors (Lipinski definition) is 0. The summed E-state index contributed by atoms with van der Waals surface area (Å²) in [6, 6.07) is 0. The van der Waals surface area contributed by atoms with Crippen LogP contribution in [0.4, 0.5) is 0 Å². The highest BCUT2D eigenvalue weighted by Crippen LogP contribution is 2.44. The number of esters is 3. The van der Waals surface area contributed by atoms with Crippen molar-refractivity contribution in [3.05, 3.63) is 10.4 Å². The van der Waals surface area contributed by atoms with E-state index >= 15 is 0 Å². The number of azide groups is 1. The Bertz CT molecular complexity index is 960. The number of ether oxygens (including phenoxy) is 4. The van der Waals surface area contributed by atoms with E-state index in [0.717, 1.165) is 0 Å². The number of Topliss-reactive ketones (excluding diaryl/α,β-unsaturated/α-hetero) is 1. The monoisotopic (exact) mass is 541 g/mol. The van der Waals surface area contributed by atoms with Crippen LogP contribution in [0.25, 0.3) is 10.4 Å².